The fourth-order valence-electron chi connectivity index (χ4n) is 3.60. The summed E-state index contributed by atoms with van der Waals surface area (Å²) in [6.45, 7) is 12.5. The van der Waals surface area contributed by atoms with Crippen LogP contribution in [0.4, 0.5) is 11.4 Å². The first-order valence-corrected chi connectivity index (χ1v) is 14.7. The van der Waals surface area contributed by atoms with Gasteiger partial charge in [0.25, 0.3) is 5.56 Å². The van der Waals surface area contributed by atoms with Gasteiger partial charge in [-0.2, -0.15) is 14.7 Å². The lowest BCUT2D eigenvalue weighted by atomic mass is 10.1. The summed E-state index contributed by atoms with van der Waals surface area (Å²) < 4.78 is 39.0. The standard InChI is InChI=1S/C29H35N5O8S/c1-7-8-13-34-26(35)24(18-30)21(6)25(27(34)36)32-31-22-9-11-23(12-10-22)43(39,40)33(14-16-41-28(37)19(2)3)15-17-42-29(38)20(4)5/h9-12,35H,2,4,7-8,13-17H2,1,3,5-6H3. The van der Waals surface area contributed by atoms with E-state index in [4.69, 9.17) is 9.47 Å². The summed E-state index contributed by atoms with van der Waals surface area (Å²) in [5, 5.41) is 28.0. The molecule has 0 aliphatic carbocycles. The zero-order valence-corrected chi connectivity index (χ0v) is 25.4. The number of pyridine rings is 1. The molecule has 14 heteroatoms. The van der Waals surface area contributed by atoms with Crippen LogP contribution in [0.1, 0.15) is 44.7 Å². The Morgan fingerprint density at radius 3 is 2.05 bits per heavy atom. The van der Waals surface area contributed by atoms with Gasteiger partial charge in [0, 0.05) is 36.3 Å². The van der Waals surface area contributed by atoms with Gasteiger partial charge in [-0.3, -0.25) is 9.36 Å². The van der Waals surface area contributed by atoms with Crippen LogP contribution < -0.4 is 5.56 Å². The summed E-state index contributed by atoms with van der Waals surface area (Å²) in [5.74, 6) is -1.78. The van der Waals surface area contributed by atoms with Gasteiger partial charge in [-0.15, -0.1) is 5.11 Å². The van der Waals surface area contributed by atoms with Crippen molar-refractivity contribution in [2.24, 2.45) is 10.2 Å². The van der Waals surface area contributed by atoms with Crippen LogP contribution in [0.3, 0.4) is 0 Å². The van der Waals surface area contributed by atoms with Crippen LogP contribution >= 0.6 is 0 Å². The van der Waals surface area contributed by atoms with E-state index < -0.39 is 33.4 Å². The molecule has 0 spiro atoms. The molecule has 2 aromatic rings. The van der Waals surface area contributed by atoms with Crippen LogP contribution in [0.15, 0.2) is 68.5 Å². The Hall–Kier alpha value is -4.61. The number of nitrogens with zero attached hydrogens (tertiary/aromatic N) is 5. The van der Waals surface area contributed by atoms with Gasteiger partial charge in [0.2, 0.25) is 15.9 Å². The second kappa shape index (κ2) is 15.6. The Morgan fingerprint density at radius 2 is 1.58 bits per heavy atom. The number of azo groups is 1. The molecule has 0 radical (unpaired) electrons. The number of ether oxygens (including phenoxy) is 2. The molecule has 0 amide bonds. The van der Waals surface area contributed by atoms with Gasteiger partial charge in [-0.25, -0.2) is 18.0 Å². The van der Waals surface area contributed by atoms with E-state index in [9.17, 15) is 33.2 Å². The fourth-order valence-corrected chi connectivity index (χ4v) is 5.01. The Kier molecular flexibility index (Phi) is 12.5. The number of sulfonamides is 1. The lowest BCUT2D eigenvalue weighted by Crippen LogP contribution is -2.37. The van der Waals surface area contributed by atoms with E-state index in [1.54, 1.807) is 0 Å². The normalized spacial score (nSPS) is 11.3. The molecule has 43 heavy (non-hydrogen) atoms. The number of aromatic nitrogens is 1. The minimum atomic E-state index is -4.15. The molecule has 0 saturated heterocycles. The smallest absolute Gasteiger partial charge is 0.333 e. The number of aromatic hydroxyl groups is 1. The number of carbonyl (C=O) groups excluding carboxylic acids is 2. The van der Waals surface area contributed by atoms with Crippen molar-refractivity contribution in [3.05, 3.63) is 70.1 Å². The Morgan fingerprint density at radius 1 is 1.05 bits per heavy atom. The number of carbonyl (C=O) groups is 2. The van der Waals surface area contributed by atoms with Crippen LogP contribution in [-0.4, -0.2) is 60.6 Å². The molecular weight excluding hydrogens is 578 g/mol. The van der Waals surface area contributed by atoms with Gasteiger partial charge in [0.1, 0.15) is 24.8 Å². The summed E-state index contributed by atoms with van der Waals surface area (Å²) in [7, 11) is -4.15. The number of hydrogen-bond donors (Lipinski definition) is 1. The van der Waals surface area contributed by atoms with Crippen molar-refractivity contribution in [3.8, 4) is 11.9 Å². The predicted molar refractivity (Wildman–Crippen MR) is 158 cm³/mol. The van der Waals surface area contributed by atoms with Crippen molar-refractivity contribution in [1.29, 1.82) is 5.26 Å². The summed E-state index contributed by atoms with van der Waals surface area (Å²) >= 11 is 0. The number of unbranched alkanes of at least 4 members (excludes halogenated alkanes) is 1. The molecule has 1 N–H and O–H groups in total. The van der Waals surface area contributed by atoms with Crippen molar-refractivity contribution in [1.82, 2.24) is 8.87 Å². The molecule has 0 bridgehead atoms. The molecule has 0 atom stereocenters. The van der Waals surface area contributed by atoms with Gasteiger partial charge >= 0.3 is 11.9 Å². The molecule has 0 saturated carbocycles. The highest BCUT2D eigenvalue weighted by molar-refractivity contribution is 7.89. The summed E-state index contributed by atoms with van der Waals surface area (Å²) in [4.78, 5) is 36.3. The maximum absolute atomic E-state index is 13.4. The molecule has 0 fully saturated rings. The Bertz CT molecular complexity index is 1590. The third-order valence-corrected chi connectivity index (χ3v) is 8.00. The van der Waals surface area contributed by atoms with Crippen LogP contribution in [0.25, 0.3) is 0 Å². The lowest BCUT2D eigenvalue weighted by Gasteiger charge is -2.22. The highest BCUT2D eigenvalue weighted by Crippen LogP contribution is 2.28. The van der Waals surface area contributed by atoms with Gasteiger partial charge in [0.15, 0.2) is 5.69 Å². The fraction of sp³-hybridized carbons (Fsp3) is 0.379. The van der Waals surface area contributed by atoms with Gasteiger partial charge in [-0.1, -0.05) is 26.5 Å². The molecule has 2 rings (SSSR count). The molecule has 13 nitrogen and oxygen atoms in total. The topological polar surface area (TPSA) is 181 Å². The first kappa shape index (κ1) is 34.6. The third-order valence-electron chi connectivity index (χ3n) is 6.09. The number of nitriles is 1. The summed E-state index contributed by atoms with van der Waals surface area (Å²) in [6.07, 6.45) is 1.35. The van der Waals surface area contributed by atoms with Crippen molar-refractivity contribution in [3.63, 3.8) is 0 Å². The molecule has 1 heterocycles. The molecule has 0 aliphatic rings. The second-order valence-corrected chi connectivity index (χ2v) is 11.5. The molecular formula is C29H35N5O8S. The third kappa shape index (κ3) is 8.94. The molecule has 230 valence electrons. The summed E-state index contributed by atoms with van der Waals surface area (Å²) in [5.41, 5.74) is -0.143. The zero-order valence-electron chi connectivity index (χ0n) is 24.6. The van der Waals surface area contributed by atoms with E-state index in [1.807, 2.05) is 13.0 Å². The first-order chi connectivity index (χ1) is 20.3. The van der Waals surface area contributed by atoms with E-state index in [1.165, 1.54) is 45.0 Å². The molecule has 1 aromatic heterocycles. The molecule has 0 aliphatic heterocycles. The number of esters is 2. The largest absolute Gasteiger partial charge is 0.493 e. The highest BCUT2D eigenvalue weighted by Gasteiger charge is 2.25. The SMILES string of the molecule is C=C(C)C(=O)OCCN(CCOC(=O)C(=C)C)S(=O)(=O)c1ccc(N=Nc2c(C)c(C#N)c(O)n(CCCC)c2=O)cc1. The van der Waals surface area contributed by atoms with Crippen molar-refractivity contribution in [2.75, 3.05) is 26.3 Å². The maximum Gasteiger partial charge on any atom is 0.333 e. The highest BCUT2D eigenvalue weighted by atomic mass is 32.2. The predicted octanol–water partition coefficient (Wildman–Crippen LogP) is 4.18. The van der Waals surface area contributed by atoms with Gasteiger partial charge in [0.05, 0.1) is 10.6 Å². The number of hydrogen-bond acceptors (Lipinski definition) is 11. The van der Waals surface area contributed by atoms with E-state index in [2.05, 4.69) is 23.4 Å². The molecule has 1 aromatic carbocycles. The zero-order chi connectivity index (χ0) is 32.3. The minimum Gasteiger partial charge on any atom is -0.493 e. The first-order valence-electron chi connectivity index (χ1n) is 13.3. The Labute approximate surface area is 250 Å². The van der Waals surface area contributed by atoms with Gasteiger partial charge < -0.3 is 14.6 Å². The average molecular weight is 614 g/mol. The summed E-state index contributed by atoms with van der Waals surface area (Å²) in [6, 6.07) is 7.18. The number of rotatable bonds is 15. The Balaban J connectivity index is 2.34. The van der Waals surface area contributed by atoms with Crippen LogP contribution in [0.2, 0.25) is 0 Å². The quantitative estimate of drug-likeness (QED) is 0.175. The van der Waals surface area contributed by atoms with E-state index in [0.717, 1.165) is 15.3 Å². The monoisotopic (exact) mass is 613 g/mol. The van der Waals surface area contributed by atoms with Gasteiger partial charge in [-0.05, 0) is 51.5 Å². The lowest BCUT2D eigenvalue weighted by molar-refractivity contribution is -0.139. The van der Waals surface area contributed by atoms with Crippen molar-refractivity contribution in [2.45, 2.75) is 52.0 Å². The van der Waals surface area contributed by atoms with Crippen LogP contribution in [0.5, 0.6) is 5.88 Å². The van der Waals surface area contributed by atoms with Crippen molar-refractivity contribution < 1.29 is 32.6 Å². The maximum atomic E-state index is 13.4. The van der Waals surface area contributed by atoms with Crippen LogP contribution in [0, 0.1) is 18.3 Å². The van der Waals surface area contributed by atoms with E-state index in [0.29, 0.717) is 6.42 Å². The second-order valence-electron chi connectivity index (χ2n) is 9.52. The number of benzene rings is 1. The van der Waals surface area contributed by atoms with E-state index in [-0.39, 0.29) is 71.4 Å². The average Bonchev–Trinajstić information content (AvgIpc) is 2.96. The van der Waals surface area contributed by atoms with E-state index >= 15 is 0 Å². The van der Waals surface area contributed by atoms with Crippen molar-refractivity contribution >= 4 is 33.3 Å². The molecule has 0 unspecified atom stereocenters. The van der Waals surface area contributed by atoms with Crippen LogP contribution in [-0.2, 0) is 35.6 Å². The minimum absolute atomic E-state index is 0.0888.